The van der Waals surface area contributed by atoms with Gasteiger partial charge in [0.05, 0.1) is 0 Å². The highest BCUT2D eigenvalue weighted by Crippen LogP contribution is 2.41. The molecule has 0 aromatic rings. The van der Waals surface area contributed by atoms with Crippen LogP contribution in [0.4, 0.5) is 0 Å². The summed E-state index contributed by atoms with van der Waals surface area (Å²) in [6, 6.07) is 0. The van der Waals surface area contributed by atoms with Gasteiger partial charge in [-0.15, -0.1) is 0 Å². The van der Waals surface area contributed by atoms with Crippen molar-refractivity contribution in [3.8, 4) is 0 Å². The molecule has 2 atom stereocenters. The number of carbonyl (C=O) groups is 1. The molecular weight excluding hydrogens is 176 g/mol. The van der Waals surface area contributed by atoms with Crippen LogP contribution in [0.15, 0.2) is 23.5 Å². The third-order valence-corrected chi connectivity index (χ3v) is 3.27. The maximum Gasteiger partial charge on any atom is 0.140 e. The van der Waals surface area contributed by atoms with E-state index < -0.39 is 0 Å². The van der Waals surface area contributed by atoms with Gasteiger partial charge < -0.3 is 5.11 Å². The van der Waals surface area contributed by atoms with Crippen LogP contribution in [-0.2, 0) is 4.79 Å². The van der Waals surface area contributed by atoms with E-state index in [9.17, 15) is 9.90 Å². The number of aliphatic hydroxyl groups is 1. The zero-order chi connectivity index (χ0) is 10.3. The van der Waals surface area contributed by atoms with Gasteiger partial charge in [0.2, 0.25) is 0 Å². The average Bonchev–Trinajstić information content (AvgIpc) is 2.47. The molecule has 1 saturated carbocycles. The minimum absolute atomic E-state index is 0.0441. The average molecular weight is 192 g/mol. The van der Waals surface area contributed by atoms with Crippen LogP contribution in [0.25, 0.3) is 0 Å². The molecule has 0 radical (unpaired) electrons. The molecule has 2 nitrogen and oxygen atoms in total. The molecule has 2 aliphatic rings. The van der Waals surface area contributed by atoms with E-state index in [1.54, 1.807) is 6.08 Å². The van der Waals surface area contributed by atoms with Crippen LogP contribution in [0.1, 0.15) is 26.7 Å². The van der Waals surface area contributed by atoms with Gasteiger partial charge in [0.15, 0.2) is 0 Å². The SMILES string of the molecule is CC(C)C1=CC(O)=CC2C(=O)CCC12. The molecule has 0 saturated heterocycles. The molecule has 0 heterocycles. The quantitative estimate of drug-likeness (QED) is 0.693. The second-order valence-corrected chi connectivity index (χ2v) is 4.53. The van der Waals surface area contributed by atoms with E-state index in [4.69, 9.17) is 0 Å². The maximum absolute atomic E-state index is 11.5. The fourth-order valence-electron chi connectivity index (χ4n) is 2.56. The number of aliphatic hydroxyl groups excluding tert-OH is 1. The molecule has 2 heteroatoms. The zero-order valence-electron chi connectivity index (χ0n) is 8.66. The number of Topliss-reactive ketones (excluding diaryl/α,β-unsaturated/α-hetero) is 1. The minimum atomic E-state index is -0.0441. The highest BCUT2D eigenvalue weighted by Gasteiger charge is 2.38. The van der Waals surface area contributed by atoms with Crippen molar-refractivity contribution < 1.29 is 9.90 Å². The van der Waals surface area contributed by atoms with E-state index >= 15 is 0 Å². The van der Waals surface area contributed by atoms with Gasteiger partial charge >= 0.3 is 0 Å². The summed E-state index contributed by atoms with van der Waals surface area (Å²) in [6.07, 6.45) is 5.18. The van der Waals surface area contributed by atoms with Crippen molar-refractivity contribution in [3.63, 3.8) is 0 Å². The van der Waals surface area contributed by atoms with E-state index in [1.165, 1.54) is 5.57 Å². The van der Waals surface area contributed by atoms with Crippen molar-refractivity contribution in [1.29, 1.82) is 0 Å². The van der Waals surface area contributed by atoms with Crippen LogP contribution in [-0.4, -0.2) is 10.9 Å². The number of ketones is 1. The smallest absolute Gasteiger partial charge is 0.140 e. The zero-order valence-corrected chi connectivity index (χ0v) is 8.66. The summed E-state index contributed by atoms with van der Waals surface area (Å²) >= 11 is 0. The first kappa shape index (κ1) is 9.50. The Morgan fingerprint density at radius 1 is 1.50 bits per heavy atom. The largest absolute Gasteiger partial charge is 0.508 e. The summed E-state index contributed by atoms with van der Waals surface area (Å²) in [7, 11) is 0. The van der Waals surface area contributed by atoms with Crippen molar-refractivity contribution in [1.82, 2.24) is 0 Å². The summed E-state index contributed by atoms with van der Waals surface area (Å²) in [5.74, 6) is 1.29. The van der Waals surface area contributed by atoms with E-state index in [-0.39, 0.29) is 17.5 Å². The van der Waals surface area contributed by atoms with E-state index in [0.29, 0.717) is 18.3 Å². The molecule has 0 aromatic heterocycles. The third-order valence-electron chi connectivity index (χ3n) is 3.27. The van der Waals surface area contributed by atoms with Gasteiger partial charge in [-0.05, 0) is 30.4 Å². The number of rotatable bonds is 1. The van der Waals surface area contributed by atoms with Crippen molar-refractivity contribution in [3.05, 3.63) is 23.5 Å². The minimum Gasteiger partial charge on any atom is -0.508 e. The van der Waals surface area contributed by atoms with Crippen LogP contribution < -0.4 is 0 Å². The molecule has 0 bridgehead atoms. The molecule has 2 rings (SSSR count). The van der Waals surface area contributed by atoms with E-state index in [1.807, 2.05) is 6.08 Å². The molecular formula is C12H16O2. The predicted molar refractivity (Wildman–Crippen MR) is 54.9 cm³/mol. The lowest BCUT2D eigenvalue weighted by Crippen LogP contribution is -2.20. The Morgan fingerprint density at radius 2 is 2.21 bits per heavy atom. The Labute approximate surface area is 84.3 Å². The summed E-state index contributed by atoms with van der Waals surface area (Å²) < 4.78 is 0. The van der Waals surface area contributed by atoms with Crippen LogP contribution in [0.2, 0.25) is 0 Å². The van der Waals surface area contributed by atoms with Crippen molar-refractivity contribution in [2.45, 2.75) is 26.7 Å². The van der Waals surface area contributed by atoms with Gasteiger partial charge in [0, 0.05) is 12.3 Å². The number of hydrogen-bond donors (Lipinski definition) is 1. The standard InChI is InChI=1S/C12H16O2/c1-7(2)10-5-8(13)6-11-9(10)3-4-12(11)14/h5-7,9,11,13H,3-4H2,1-2H3. The van der Waals surface area contributed by atoms with Gasteiger partial charge in [-0.3, -0.25) is 4.79 Å². The van der Waals surface area contributed by atoms with Crippen LogP contribution in [0, 0.1) is 17.8 Å². The Hall–Kier alpha value is -1.05. The Bertz CT molecular complexity index is 323. The van der Waals surface area contributed by atoms with Crippen LogP contribution >= 0.6 is 0 Å². The second-order valence-electron chi connectivity index (χ2n) is 4.53. The summed E-state index contributed by atoms with van der Waals surface area (Å²) in [5, 5.41) is 9.53. The molecule has 0 spiro atoms. The van der Waals surface area contributed by atoms with Crippen molar-refractivity contribution in [2.24, 2.45) is 17.8 Å². The molecule has 2 aliphatic carbocycles. The summed E-state index contributed by atoms with van der Waals surface area (Å²) in [4.78, 5) is 11.5. The van der Waals surface area contributed by atoms with Crippen molar-refractivity contribution >= 4 is 5.78 Å². The monoisotopic (exact) mass is 192 g/mol. The second kappa shape index (κ2) is 3.26. The molecule has 1 fully saturated rings. The molecule has 0 aromatic carbocycles. The summed E-state index contributed by atoms with van der Waals surface area (Å²) in [5.41, 5.74) is 1.24. The fourth-order valence-corrected chi connectivity index (χ4v) is 2.56. The highest BCUT2D eigenvalue weighted by molar-refractivity contribution is 5.86. The normalized spacial score (nSPS) is 31.5. The van der Waals surface area contributed by atoms with E-state index in [0.717, 1.165) is 6.42 Å². The van der Waals surface area contributed by atoms with E-state index in [2.05, 4.69) is 13.8 Å². The Kier molecular flexibility index (Phi) is 2.22. The molecule has 1 N–H and O–H groups in total. The molecule has 76 valence electrons. The van der Waals surface area contributed by atoms with Crippen LogP contribution in [0.5, 0.6) is 0 Å². The number of carbonyl (C=O) groups excluding carboxylic acids is 1. The number of fused-ring (bicyclic) bond motifs is 1. The van der Waals surface area contributed by atoms with Gasteiger partial charge in [-0.2, -0.15) is 0 Å². The number of hydrogen-bond acceptors (Lipinski definition) is 2. The molecule has 14 heavy (non-hydrogen) atoms. The Balaban J connectivity index is 2.35. The first-order valence-electron chi connectivity index (χ1n) is 5.24. The first-order valence-corrected chi connectivity index (χ1v) is 5.24. The third kappa shape index (κ3) is 1.39. The van der Waals surface area contributed by atoms with Gasteiger partial charge in [0.25, 0.3) is 0 Å². The van der Waals surface area contributed by atoms with Crippen LogP contribution in [0.3, 0.4) is 0 Å². The van der Waals surface area contributed by atoms with Crippen molar-refractivity contribution in [2.75, 3.05) is 0 Å². The lowest BCUT2D eigenvalue weighted by molar-refractivity contribution is -0.119. The lowest BCUT2D eigenvalue weighted by Gasteiger charge is -2.25. The lowest BCUT2D eigenvalue weighted by atomic mass is 9.79. The van der Waals surface area contributed by atoms with Gasteiger partial charge in [-0.25, -0.2) is 0 Å². The molecule has 0 aliphatic heterocycles. The van der Waals surface area contributed by atoms with Gasteiger partial charge in [-0.1, -0.05) is 19.4 Å². The highest BCUT2D eigenvalue weighted by atomic mass is 16.3. The fraction of sp³-hybridized carbons (Fsp3) is 0.583. The molecule has 2 unspecified atom stereocenters. The predicted octanol–water partition coefficient (Wildman–Crippen LogP) is 2.62. The Morgan fingerprint density at radius 3 is 2.86 bits per heavy atom. The topological polar surface area (TPSA) is 37.3 Å². The number of allylic oxidation sites excluding steroid dienone is 3. The molecule has 0 amide bonds. The van der Waals surface area contributed by atoms with Gasteiger partial charge in [0.1, 0.15) is 11.5 Å². The maximum atomic E-state index is 11.5. The first-order chi connectivity index (χ1) is 6.59. The summed E-state index contributed by atoms with van der Waals surface area (Å²) in [6.45, 7) is 4.23.